The summed E-state index contributed by atoms with van der Waals surface area (Å²) in [4.78, 5) is 50.4. The van der Waals surface area contributed by atoms with Crippen LogP contribution in [0.3, 0.4) is 0 Å². The number of hydrogen-bond acceptors (Lipinski definition) is 5. The highest BCUT2D eigenvalue weighted by atomic mass is 16.6. The van der Waals surface area contributed by atoms with Gasteiger partial charge >= 0.3 is 12.1 Å². The highest BCUT2D eigenvalue weighted by Gasteiger charge is 2.40. The molecule has 1 aliphatic heterocycles. The molecule has 1 fully saturated rings. The average molecular weight is 538 g/mol. The molecule has 0 aromatic heterocycles. The van der Waals surface area contributed by atoms with Crippen molar-refractivity contribution in [2.75, 3.05) is 18.4 Å². The third-order valence-electron chi connectivity index (χ3n) is 6.53. The number of aliphatic carboxylic acids is 1. The molecule has 9 nitrogen and oxygen atoms in total. The zero-order chi connectivity index (χ0) is 28.4. The summed E-state index contributed by atoms with van der Waals surface area (Å²) in [5.74, 6) is -1.84. The van der Waals surface area contributed by atoms with Crippen molar-refractivity contribution in [1.82, 2.24) is 10.2 Å². The van der Waals surface area contributed by atoms with Gasteiger partial charge in [-0.1, -0.05) is 42.5 Å². The zero-order valence-corrected chi connectivity index (χ0v) is 22.9. The second kappa shape index (κ2) is 13.8. The van der Waals surface area contributed by atoms with E-state index in [-0.39, 0.29) is 30.7 Å². The lowest BCUT2D eigenvalue weighted by atomic mass is 10.0. The van der Waals surface area contributed by atoms with Gasteiger partial charge in [-0.25, -0.2) is 4.79 Å². The molecule has 210 valence electrons. The molecule has 3 rings (SSSR count). The van der Waals surface area contributed by atoms with Crippen LogP contribution >= 0.6 is 0 Å². The van der Waals surface area contributed by atoms with Crippen molar-refractivity contribution in [3.05, 3.63) is 65.7 Å². The maximum absolute atomic E-state index is 12.9. The van der Waals surface area contributed by atoms with Crippen LogP contribution in [0.15, 0.2) is 54.6 Å². The zero-order valence-electron chi connectivity index (χ0n) is 22.9. The average Bonchev–Trinajstić information content (AvgIpc) is 3.15. The molecule has 1 aliphatic rings. The van der Waals surface area contributed by atoms with Crippen molar-refractivity contribution in [2.45, 2.75) is 70.9 Å². The van der Waals surface area contributed by atoms with Gasteiger partial charge in [-0.3, -0.25) is 19.7 Å². The molecule has 3 amide bonds. The van der Waals surface area contributed by atoms with Gasteiger partial charge in [-0.15, -0.1) is 0 Å². The van der Waals surface area contributed by atoms with Crippen molar-refractivity contribution in [1.29, 1.82) is 0 Å². The Hall–Kier alpha value is -3.88. The molecular weight excluding hydrogens is 498 g/mol. The quantitative estimate of drug-likeness (QED) is 0.368. The number of carbonyl (C=O) groups excluding carboxylic acids is 3. The predicted octanol–water partition coefficient (Wildman–Crippen LogP) is 4.41. The van der Waals surface area contributed by atoms with Crippen LogP contribution < -0.4 is 10.6 Å². The van der Waals surface area contributed by atoms with E-state index in [1.807, 2.05) is 42.5 Å². The molecule has 0 aliphatic carbocycles. The lowest BCUT2D eigenvalue weighted by Crippen LogP contribution is -2.42. The number of nitrogens with zero attached hydrogens (tertiary/aromatic N) is 1. The van der Waals surface area contributed by atoms with Crippen LogP contribution in [0.4, 0.5) is 10.5 Å². The molecule has 1 heterocycles. The minimum absolute atomic E-state index is 0.135. The molecule has 39 heavy (non-hydrogen) atoms. The minimum atomic E-state index is -0.991. The van der Waals surface area contributed by atoms with Gasteiger partial charge in [0, 0.05) is 31.2 Å². The fourth-order valence-electron chi connectivity index (χ4n) is 4.69. The van der Waals surface area contributed by atoms with Crippen molar-refractivity contribution < 1.29 is 29.0 Å². The first-order chi connectivity index (χ1) is 18.5. The highest BCUT2D eigenvalue weighted by Crippen LogP contribution is 2.27. The summed E-state index contributed by atoms with van der Waals surface area (Å²) >= 11 is 0. The molecule has 1 saturated heterocycles. The van der Waals surface area contributed by atoms with Crippen LogP contribution in [0.1, 0.15) is 57.6 Å². The molecule has 2 aromatic carbocycles. The van der Waals surface area contributed by atoms with E-state index in [2.05, 4.69) is 10.6 Å². The topological polar surface area (TPSA) is 125 Å². The number of carboxylic acids is 1. The fourth-order valence-corrected chi connectivity index (χ4v) is 4.69. The Bertz CT molecular complexity index is 1130. The van der Waals surface area contributed by atoms with Crippen LogP contribution in [0.25, 0.3) is 0 Å². The van der Waals surface area contributed by atoms with Gasteiger partial charge in [0.2, 0.25) is 11.8 Å². The lowest BCUT2D eigenvalue weighted by Gasteiger charge is -2.25. The van der Waals surface area contributed by atoms with Crippen molar-refractivity contribution in [3.8, 4) is 0 Å². The number of ether oxygens (including phenoxy) is 1. The Balaban J connectivity index is 1.47. The Morgan fingerprint density at radius 1 is 1.00 bits per heavy atom. The first kappa shape index (κ1) is 29.7. The second-order valence-electron chi connectivity index (χ2n) is 10.9. The molecule has 9 heteroatoms. The molecule has 2 atom stereocenters. The Morgan fingerprint density at radius 2 is 1.67 bits per heavy atom. The van der Waals surface area contributed by atoms with Crippen LogP contribution in [-0.2, 0) is 32.0 Å². The van der Waals surface area contributed by atoms with Gasteiger partial charge in [0.1, 0.15) is 5.60 Å². The van der Waals surface area contributed by atoms with Crippen LogP contribution in [-0.4, -0.2) is 58.6 Å². The van der Waals surface area contributed by atoms with Gasteiger partial charge in [0.15, 0.2) is 0 Å². The first-order valence-electron chi connectivity index (χ1n) is 13.4. The second-order valence-corrected chi connectivity index (χ2v) is 10.9. The number of nitrogens with one attached hydrogen (secondary N) is 2. The van der Waals surface area contributed by atoms with Gasteiger partial charge in [-0.05, 0) is 69.7 Å². The summed E-state index contributed by atoms with van der Waals surface area (Å²) in [6, 6.07) is 17.0. The van der Waals surface area contributed by atoms with Crippen molar-refractivity contribution >= 4 is 29.6 Å². The third kappa shape index (κ3) is 10.1. The van der Waals surface area contributed by atoms with Crippen LogP contribution in [0.2, 0.25) is 0 Å². The number of rotatable bonds is 12. The molecule has 0 bridgehead atoms. The van der Waals surface area contributed by atoms with E-state index < -0.39 is 23.6 Å². The summed E-state index contributed by atoms with van der Waals surface area (Å²) < 4.78 is 5.24. The number of anilines is 1. The monoisotopic (exact) mass is 537 g/mol. The molecule has 2 aromatic rings. The molecule has 0 unspecified atom stereocenters. The number of hydrogen-bond donors (Lipinski definition) is 3. The van der Waals surface area contributed by atoms with E-state index in [0.717, 1.165) is 18.4 Å². The summed E-state index contributed by atoms with van der Waals surface area (Å²) in [6.45, 7) is 6.20. The number of benzene rings is 2. The number of aryl methyl sites for hydroxylation is 2. The summed E-state index contributed by atoms with van der Waals surface area (Å²) in [5, 5.41) is 14.8. The van der Waals surface area contributed by atoms with E-state index >= 15 is 0 Å². The Kier molecular flexibility index (Phi) is 10.5. The number of likely N-dealkylation sites (tertiary alicyclic amines) is 1. The molecule has 3 N–H and O–H groups in total. The summed E-state index contributed by atoms with van der Waals surface area (Å²) in [5.41, 5.74) is 2.15. The Labute approximate surface area is 229 Å². The van der Waals surface area contributed by atoms with Gasteiger partial charge in [0.25, 0.3) is 0 Å². The van der Waals surface area contributed by atoms with Gasteiger partial charge in [0.05, 0.1) is 12.3 Å². The molecule has 0 saturated carbocycles. The third-order valence-corrected chi connectivity index (χ3v) is 6.53. The maximum Gasteiger partial charge on any atom is 0.412 e. The van der Waals surface area contributed by atoms with Gasteiger partial charge in [-0.2, -0.15) is 0 Å². The number of carboxylic acid groups (broad SMARTS) is 1. The lowest BCUT2D eigenvalue weighted by molar-refractivity contribution is -0.142. The fraction of sp³-hybridized carbons (Fsp3) is 0.467. The number of carbonyl (C=O) groups is 4. The Morgan fingerprint density at radius 3 is 2.31 bits per heavy atom. The van der Waals surface area contributed by atoms with E-state index in [0.29, 0.717) is 31.6 Å². The van der Waals surface area contributed by atoms with Crippen LogP contribution in [0.5, 0.6) is 0 Å². The van der Waals surface area contributed by atoms with E-state index in [9.17, 15) is 24.3 Å². The largest absolute Gasteiger partial charge is 0.481 e. The predicted molar refractivity (Wildman–Crippen MR) is 148 cm³/mol. The maximum atomic E-state index is 12.9. The molecule has 0 spiro atoms. The smallest absolute Gasteiger partial charge is 0.412 e. The normalized spacial score (nSPS) is 17.1. The molecule has 0 radical (unpaired) electrons. The van der Waals surface area contributed by atoms with Crippen molar-refractivity contribution in [2.24, 2.45) is 5.92 Å². The van der Waals surface area contributed by atoms with E-state index in [1.165, 1.54) is 5.56 Å². The summed E-state index contributed by atoms with van der Waals surface area (Å²) in [6.07, 6.45) is 2.06. The van der Waals surface area contributed by atoms with E-state index in [1.54, 1.807) is 37.8 Å². The first-order valence-corrected chi connectivity index (χ1v) is 13.4. The van der Waals surface area contributed by atoms with E-state index in [4.69, 9.17) is 4.74 Å². The van der Waals surface area contributed by atoms with Crippen LogP contribution in [0, 0.1) is 5.92 Å². The van der Waals surface area contributed by atoms with Gasteiger partial charge < -0.3 is 20.1 Å². The highest BCUT2D eigenvalue weighted by molar-refractivity contribution is 5.86. The molecular formula is C30H39N3O6. The summed E-state index contributed by atoms with van der Waals surface area (Å²) in [7, 11) is 0. The minimum Gasteiger partial charge on any atom is -0.481 e. The number of amides is 3. The standard InChI is InChI=1S/C30H39N3O6/c1-30(2,3)39-29(38)32-24-14-11-22(12-15-24)13-16-26(34)31-20-25-18-23(19-27(35)36)28(37)33(25)17-7-10-21-8-5-4-6-9-21/h4-6,8-9,11-12,14-15,23,25H,7,10,13,16-20H2,1-3H3,(H,31,34)(H,32,38)(H,35,36)/t23-,25-/m0/s1. The SMILES string of the molecule is CC(C)(C)OC(=O)Nc1ccc(CCC(=O)NC[C@@H]2C[C@@H](CC(=O)O)C(=O)N2CCCc2ccccc2)cc1. The van der Waals surface area contributed by atoms with Crippen molar-refractivity contribution in [3.63, 3.8) is 0 Å².